The zero-order valence-electron chi connectivity index (χ0n) is 13.2. The highest BCUT2D eigenvalue weighted by Crippen LogP contribution is 2.35. The van der Waals surface area contributed by atoms with E-state index in [1.165, 1.54) is 6.20 Å². The van der Waals surface area contributed by atoms with E-state index in [1.54, 1.807) is 6.92 Å². The summed E-state index contributed by atoms with van der Waals surface area (Å²) < 4.78 is 0.740. The Kier molecular flexibility index (Phi) is 5.08. The van der Waals surface area contributed by atoms with Crippen molar-refractivity contribution in [2.75, 3.05) is 6.54 Å². The topological polar surface area (TPSA) is 126 Å². The SMILES string of the molecule is C#CCCC1(CCNC(=O)c2c(C)cnn(CC(=O)O)c2=O)N=N1. The van der Waals surface area contributed by atoms with Crippen LogP contribution >= 0.6 is 0 Å². The molecule has 2 rings (SSSR count). The number of carboxylic acid groups (broad SMARTS) is 1. The van der Waals surface area contributed by atoms with Crippen LogP contribution in [0.15, 0.2) is 21.2 Å². The molecule has 0 aliphatic carbocycles. The molecule has 9 heteroatoms. The number of nitrogens with one attached hydrogen (secondary N) is 1. The van der Waals surface area contributed by atoms with Crippen molar-refractivity contribution in [1.29, 1.82) is 0 Å². The highest BCUT2D eigenvalue weighted by Gasteiger charge is 2.38. The van der Waals surface area contributed by atoms with Gasteiger partial charge in [-0.2, -0.15) is 15.3 Å². The summed E-state index contributed by atoms with van der Waals surface area (Å²) >= 11 is 0. The number of nitrogens with zero attached hydrogens (tertiary/aromatic N) is 4. The van der Waals surface area contributed by atoms with Gasteiger partial charge in [-0.25, -0.2) is 4.68 Å². The number of rotatable bonds is 8. The van der Waals surface area contributed by atoms with Gasteiger partial charge >= 0.3 is 5.97 Å². The van der Waals surface area contributed by atoms with E-state index >= 15 is 0 Å². The lowest BCUT2D eigenvalue weighted by atomic mass is 10.0. The van der Waals surface area contributed by atoms with E-state index in [-0.39, 0.29) is 12.1 Å². The van der Waals surface area contributed by atoms with E-state index in [2.05, 4.69) is 26.6 Å². The van der Waals surface area contributed by atoms with Gasteiger partial charge in [-0.3, -0.25) is 14.4 Å². The van der Waals surface area contributed by atoms with Gasteiger partial charge in [0.2, 0.25) is 0 Å². The van der Waals surface area contributed by atoms with Gasteiger partial charge in [-0.1, -0.05) is 0 Å². The zero-order valence-corrected chi connectivity index (χ0v) is 13.2. The van der Waals surface area contributed by atoms with Gasteiger partial charge in [-0.05, 0) is 12.5 Å². The summed E-state index contributed by atoms with van der Waals surface area (Å²) in [5, 5.41) is 23.0. The summed E-state index contributed by atoms with van der Waals surface area (Å²) in [6.45, 7) is 1.23. The van der Waals surface area contributed by atoms with Gasteiger partial charge in [0.25, 0.3) is 11.5 Å². The number of hydrogen-bond acceptors (Lipinski definition) is 6. The molecule has 0 atom stereocenters. The van der Waals surface area contributed by atoms with Gasteiger partial charge < -0.3 is 10.4 Å². The molecule has 9 nitrogen and oxygen atoms in total. The van der Waals surface area contributed by atoms with Crippen molar-refractivity contribution in [2.45, 2.75) is 38.4 Å². The molecule has 0 saturated heterocycles. The Hall–Kier alpha value is -3.02. The average molecular weight is 331 g/mol. The van der Waals surface area contributed by atoms with E-state index in [0.717, 1.165) is 4.68 Å². The number of aryl methyl sites for hydroxylation is 1. The Morgan fingerprint density at radius 2 is 2.12 bits per heavy atom. The highest BCUT2D eigenvalue weighted by atomic mass is 16.4. The van der Waals surface area contributed by atoms with Crippen LogP contribution in [0.5, 0.6) is 0 Å². The third-order valence-corrected chi connectivity index (χ3v) is 3.61. The lowest BCUT2D eigenvalue weighted by Crippen LogP contribution is -2.37. The predicted octanol–water partition coefficient (Wildman–Crippen LogP) is 0.332. The van der Waals surface area contributed by atoms with Crippen LogP contribution in [0.25, 0.3) is 0 Å². The Morgan fingerprint density at radius 3 is 2.71 bits per heavy atom. The second-order valence-electron chi connectivity index (χ2n) is 5.45. The standard InChI is InChI=1S/C15H17N5O4/c1-3-4-5-15(18-19-15)6-7-16-13(23)12-10(2)8-17-20(14(12)24)9-11(21)22/h1,8H,4-7,9H2,2H3,(H,16,23)(H,21,22). The van der Waals surface area contributed by atoms with E-state index in [4.69, 9.17) is 11.5 Å². The molecular formula is C15H17N5O4. The van der Waals surface area contributed by atoms with Crippen molar-refractivity contribution in [2.24, 2.45) is 10.2 Å². The maximum Gasteiger partial charge on any atom is 0.325 e. The fraction of sp³-hybridized carbons (Fsp3) is 0.467. The number of amides is 1. The minimum atomic E-state index is -1.22. The Labute approximate surface area is 137 Å². The first-order valence-electron chi connectivity index (χ1n) is 7.33. The minimum Gasteiger partial charge on any atom is -0.480 e. The summed E-state index contributed by atoms with van der Waals surface area (Å²) in [6.07, 6.45) is 8.17. The number of hydrogen-bond donors (Lipinski definition) is 2. The van der Waals surface area contributed by atoms with Crippen molar-refractivity contribution in [1.82, 2.24) is 15.1 Å². The van der Waals surface area contributed by atoms with Crippen LogP contribution in [0.2, 0.25) is 0 Å². The Bertz CT molecular complexity index is 784. The number of carboxylic acids is 1. The maximum absolute atomic E-state index is 12.3. The molecule has 126 valence electrons. The summed E-state index contributed by atoms with van der Waals surface area (Å²) in [4.78, 5) is 35.2. The molecule has 0 bridgehead atoms. The molecule has 2 heterocycles. The maximum atomic E-state index is 12.3. The second kappa shape index (κ2) is 7.04. The highest BCUT2D eigenvalue weighted by molar-refractivity contribution is 5.95. The first-order valence-corrected chi connectivity index (χ1v) is 7.33. The molecule has 1 aliphatic heterocycles. The van der Waals surface area contributed by atoms with E-state index < -0.39 is 29.6 Å². The monoisotopic (exact) mass is 331 g/mol. The van der Waals surface area contributed by atoms with E-state index in [1.807, 2.05) is 0 Å². The predicted molar refractivity (Wildman–Crippen MR) is 83.5 cm³/mol. The van der Waals surface area contributed by atoms with Crippen molar-refractivity contribution >= 4 is 11.9 Å². The van der Waals surface area contributed by atoms with Gasteiger partial charge in [0.05, 0.1) is 6.20 Å². The molecule has 2 N–H and O–H groups in total. The number of carbonyl (C=O) groups excluding carboxylic acids is 1. The van der Waals surface area contributed by atoms with Crippen LogP contribution in [0.3, 0.4) is 0 Å². The second-order valence-corrected chi connectivity index (χ2v) is 5.45. The first kappa shape index (κ1) is 17.3. The van der Waals surface area contributed by atoms with Crippen LogP contribution in [-0.4, -0.2) is 39.0 Å². The lowest BCUT2D eigenvalue weighted by molar-refractivity contribution is -0.138. The number of aliphatic carboxylic acids is 1. The van der Waals surface area contributed by atoms with Gasteiger partial charge in [0.15, 0.2) is 5.66 Å². The Morgan fingerprint density at radius 1 is 1.42 bits per heavy atom. The molecule has 0 unspecified atom stereocenters. The molecule has 0 radical (unpaired) electrons. The quantitative estimate of drug-likeness (QED) is 0.664. The van der Waals surface area contributed by atoms with Crippen molar-refractivity contribution < 1.29 is 14.7 Å². The molecule has 1 amide bonds. The number of terminal acetylenes is 1. The summed E-state index contributed by atoms with van der Waals surface area (Å²) in [5.74, 6) is 0.727. The zero-order chi connectivity index (χ0) is 17.7. The van der Waals surface area contributed by atoms with Crippen molar-refractivity contribution in [3.8, 4) is 12.3 Å². The van der Waals surface area contributed by atoms with Gasteiger partial charge in [-0.15, -0.1) is 12.3 Å². The molecule has 24 heavy (non-hydrogen) atoms. The summed E-state index contributed by atoms with van der Waals surface area (Å²) in [5.41, 5.74) is -0.996. The Balaban J connectivity index is 2.01. The largest absolute Gasteiger partial charge is 0.480 e. The van der Waals surface area contributed by atoms with Crippen LogP contribution in [0, 0.1) is 19.3 Å². The fourth-order valence-electron chi connectivity index (χ4n) is 2.22. The first-order chi connectivity index (χ1) is 11.4. The average Bonchev–Trinajstić information content (AvgIpc) is 3.28. The number of aromatic nitrogens is 2. The fourth-order valence-corrected chi connectivity index (χ4v) is 2.22. The molecule has 0 fully saturated rings. The molecule has 1 aromatic heterocycles. The van der Waals surface area contributed by atoms with Crippen molar-refractivity contribution in [3.63, 3.8) is 0 Å². The molecule has 1 aliphatic rings. The third kappa shape index (κ3) is 4.04. The van der Waals surface area contributed by atoms with Crippen molar-refractivity contribution in [3.05, 3.63) is 27.7 Å². The molecule has 0 aromatic carbocycles. The number of carbonyl (C=O) groups is 2. The molecule has 1 aromatic rings. The molecule has 0 saturated carbocycles. The molecular weight excluding hydrogens is 314 g/mol. The summed E-state index contributed by atoms with van der Waals surface area (Å²) in [6, 6.07) is 0. The lowest BCUT2D eigenvalue weighted by Gasteiger charge is -2.11. The minimum absolute atomic E-state index is 0.117. The van der Waals surface area contributed by atoms with E-state index in [0.29, 0.717) is 24.8 Å². The summed E-state index contributed by atoms with van der Waals surface area (Å²) in [7, 11) is 0. The van der Waals surface area contributed by atoms with Crippen LogP contribution in [0.1, 0.15) is 35.2 Å². The normalized spacial score (nSPS) is 14.0. The van der Waals surface area contributed by atoms with Crippen LogP contribution in [0.4, 0.5) is 0 Å². The third-order valence-electron chi connectivity index (χ3n) is 3.61. The van der Waals surface area contributed by atoms with Crippen LogP contribution in [-0.2, 0) is 11.3 Å². The molecule has 0 spiro atoms. The van der Waals surface area contributed by atoms with Crippen LogP contribution < -0.4 is 10.9 Å². The van der Waals surface area contributed by atoms with Gasteiger partial charge in [0, 0.05) is 25.8 Å². The van der Waals surface area contributed by atoms with Gasteiger partial charge in [0.1, 0.15) is 12.1 Å². The smallest absolute Gasteiger partial charge is 0.325 e. The van der Waals surface area contributed by atoms with E-state index in [9.17, 15) is 14.4 Å².